The molecule has 0 aliphatic rings. The molecular weight excluding hydrogens is 292 g/mol. The van der Waals surface area contributed by atoms with Gasteiger partial charge in [-0.3, -0.25) is 4.79 Å². The number of ether oxygens (including phenoxy) is 1. The third-order valence-corrected chi connectivity index (χ3v) is 3.44. The molecule has 1 aromatic heterocycles. The lowest BCUT2D eigenvalue weighted by atomic mass is 10.1. The summed E-state index contributed by atoms with van der Waals surface area (Å²) < 4.78 is 10.5. The van der Waals surface area contributed by atoms with Crippen molar-refractivity contribution in [1.29, 1.82) is 0 Å². The second-order valence-electron chi connectivity index (χ2n) is 4.90. The second kappa shape index (κ2) is 6.32. The Kier molecular flexibility index (Phi) is 4.06. The van der Waals surface area contributed by atoms with Crippen LogP contribution in [-0.4, -0.2) is 12.9 Å². The fourth-order valence-corrected chi connectivity index (χ4v) is 2.37. The van der Waals surface area contributed by atoms with Crippen LogP contribution in [0.2, 0.25) is 0 Å². The fourth-order valence-electron chi connectivity index (χ4n) is 2.37. The first-order chi connectivity index (χ1) is 11.2. The van der Waals surface area contributed by atoms with Gasteiger partial charge in [0.1, 0.15) is 16.9 Å². The molecule has 1 heterocycles. The summed E-state index contributed by atoms with van der Waals surface area (Å²) in [6.07, 6.45) is 3.00. The van der Waals surface area contributed by atoms with Crippen molar-refractivity contribution < 1.29 is 13.9 Å². The summed E-state index contributed by atoms with van der Waals surface area (Å²) in [5, 5.41) is 0.589. The van der Waals surface area contributed by atoms with E-state index in [1.807, 2.05) is 30.3 Å². The number of hydrogen-bond acceptors (Lipinski definition) is 4. The number of allylic oxidation sites excluding steroid dienone is 1. The van der Waals surface area contributed by atoms with E-state index in [9.17, 15) is 9.59 Å². The maximum absolute atomic E-state index is 12.4. The van der Waals surface area contributed by atoms with Crippen LogP contribution in [0.4, 0.5) is 0 Å². The molecule has 4 heteroatoms. The van der Waals surface area contributed by atoms with Crippen molar-refractivity contribution in [1.82, 2.24) is 0 Å². The second-order valence-corrected chi connectivity index (χ2v) is 4.90. The average Bonchev–Trinajstić information content (AvgIpc) is 2.59. The summed E-state index contributed by atoms with van der Waals surface area (Å²) in [5.41, 5.74) is 0.449. The molecule has 0 radical (unpaired) electrons. The molecule has 0 spiro atoms. The van der Waals surface area contributed by atoms with Crippen molar-refractivity contribution in [3.05, 3.63) is 82.2 Å². The molecule has 114 valence electrons. The molecule has 23 heavy (non-hydrogen) atoms. The first-order valence-electron chi connectivity index (χ1n) is 7.08. The number of ketones is 1. The molecule has 0 aliphatic heterocycles. The van der Waals surface area contributed by atoms with Crippen LogP contribution < -0.4 is 10.4 Å². The Labute approximate surface area is 132 Å². The summed E-state index contributed by atoms with van der Waals surface area (Å²) in [4.78, 5) is 24.6. The molecule has 0 amide bonds. The zero-order valence-corrected chi connectivity index (χ0v) is 12.5. The van der Waals surface area contributed by atoms with Gasteiger partial charge in [0.15, 0.2) is 5.78 Å². The third kappa shape index (κ3) is 2.92. The van der Waals surface area contributed by atoms with E-state index in [2.05, 4.69) is 0 Å². The minimum absolute atomic E-state index is 0.0987. The maximum atomic E-state index is 12.4. The summed E-state index contributed by atoms with van der Waals surface area (Å²) in [7, 11) is 1.43. The van der Waals surface area contributed by atoms with Crippen LogP contribution in [0, 0.1) is 0 Å². The van der Waals surface area contributed by atoms with Gasteiger partial charge in [-0.15, -0.1) is 0 Å². The van der Waals surface area contributed by atoms with Crippen molar-refractivity contribution in [3.8, 4) is 5.75 Å². The van der Waals surface area contributed by atoms with Gasteiger partial charge in [0.25, 0.3) is 0 Å². The molecular formula is C19H14O4. The van der Waals surface area contributed by atoms with E-state index in [-0.39, 0.29) is 11.3 Å². The van der Waals surface area contributed by atoms with Gasteiger partial charge in [0, 0.05) is 0 Å². The van der Waals surface area contributed by atoms with E-state index < -0.39 is 11.4 Å². The fraction of sp³-hybridized carbons (Fsp3) is 0.0526. The lowest BCUT2D eigenvalue weighted by Crippen LogP contribution is -2.14. The monoisotopic (exact) mass is 306 g/mol. The van der Waals surface area contributed by atoms with Gasteiger partial charge in [-0.25, -0.2) is 4.79 Å². The zero-order valence-electron chi connectivity index (χ0n) is 12.5. The van der Waals surface area contributed by atoms with Crippen LogP contribution in [0.25, 0.3) is 17.0 Å². The van der Waals surface area contributed by atoms with E-state index in [1.54, 1.807) is 30.3 Å². The highest BCUT2D eigenvalue weighted by Crippen LogP contribution is 2.27. The van der Waals surface area contributed by atoms with Gasteiger partial charge >= 0.3 is 5.63 Å². The summed E-state index contributed by atoms with van der Waals surface area (Å²) in [6, 6.07) is 16.3. The Morgan fingerprint density at radius 1 is 1.04 bits per heavy atom. The maximum Gasteiger partial charge on any atom is 0.351 e. The zero-order chi connectivity index (χ0) is 16.2. The first-order valence-corrected chi connectivity index (χ1v) is 7.08. The Hall–Kier alpha value is -3.14. The third-order valence-electron chi connectivity index (χ3n) is 3.44. The number of para-hydroxylation sites is 1. The summed E-state index contributed by atoms with van der Waals surface area (Å²) in [5.74, 6) is -0.218. The highest BCUT2D eigenvalue weighted by molar-refractivity contribution is 6.10. The normalized spacial score (nSPS) is 11.0. The van der Waals surface area contributed by atoms with Gasteiger partial charge in [0.2, 0.25) is 0 Å². The van der Waals surface area contributed by atoms with Crippen molar-refractivity contribution in [3.63, 3.8) is 0 Å². The van der Waals surface area contributed by atoms with Crippen LogP contribution in [-0.2, 0) is 0 Å². The topological polar surface area (TPSA) is 56.5 Å². The van der Waals surface area contributed by atoms with Gasteiger partial charge < -0.3 is 9.15 Å². The molecule has 2 aromatic carbocycles. The number of rotatable bonds is 4. The molecule has 0 saturated carbocycles. The van der Waals surface area contributed by atoms with E-state index >= 15 is 0 Å². The van der Waals surface area contributed by atoms with Crippen LogP contribution in [0.5, 0.6) is 5.75 Å². The number of benzene rings is 2. The van der Waals surface area contributed by atoms with Crippen LogP contribution in [0.1, 0.15) is 15.9 Å². The molecule has 4 nitrogen and oxygen atoms in total. The molecule has 0 fully saturated rings. The quantitative estimate of drug-likeness (QED) is 0.419. The van der Waals surface area contributed by atoms with Crippen LogP contribution >= 0.6 is 0 Å². The lowest BCUT2D eigenvalue weighted by Gasteiger charge is -2.07. The molecule has 0 saturated heterocycles. The molecule has 0 unspecified atom stereocenters. The molecule has 0 aliphatic carbocycles. The van der Waals surface area contributed by atoms with Crippen LogP contribution in [0.3, 0.4) is 0 Å². The largest absolute Gasteiger partial charge is 0.495 e. The SMILES string of the molecule is COc1c(C(=O)/C=C/c2ccccc2)c(=O)oc2ccccc12. The average molecular weight is 306 g/mol. The van der Waals surface area contributed by atoms with E-state index in [0.717, 1.165) is 5.56 Å². The van der Waals surface area contributed by atoms with Crippen LogP contribution in [0.15, 0.2) is 69.9 Å². The Morgan fingerprint density at radius 3 is 2.48 bits per heavy atom. The Bertz CT molecular complexity index is 936. The molecule has 0 N–H and O–H groups in total. The lowest BCUT2D eigenvalue weighted by molar-refractivity contribution is 0.104. The van der Waals surface area contributed by atoms with E-state index in [1.165, 1.54) is 13.2 Å². The van der Waals surface area contributed by atoms with Gasteiger partial charge in [-0.1, -0.05) is 48.5 Å². The number of methoxy groups -OCH3 is 1. The molecule has 3 aromatic rings. The predicted molar refractivity (Wildman–Crippen MR) is 88.8 cm³/mol. The number of carbonyl (C=O) groups excluding carboxylic acids is 1. The molecule has 0 bridgehead atoms. The Morgan fingerprint density at radius 2 is 1.74 bits per heavy atom. The standard InChI is InChI=1S/C19H14O4/c1-22-18-14-9-5-6-10-16(14)23-19(21)17(18)15(20)12-11-13-7-3-2-4-8-13/h2-12H,1H3/b12-11+. The highest BCUT2D eigenvalue weighted by Gasteiger charge is 2.20. The molecule has 3 rings (SSSR count). The minimum atomic E-state index is -0.705. The number of fused-ring (bicyclic) bond motifs is 1. The smallest absolute Gasteiger partial charge is 0.351 e. The highest BCUT2D eigenvalue weighted by atomic mass is 16.5. The van der Waals surface area contributed by atoms with E-state index in [0.29, 0.717) is 11.0 Å². The Balaban J connectivity index is 2.08. The first kappa shape index (κ1) is 14.8. The minimum Gasteiger partial charge on any atom is -0.495 e. The van der Waals surface area contributed by atoms with Crippen molar-refractivity contribution in [2.24, 2.45) is 0 Å². The van der Waals surface area contributed by atoms with Gasteiger partial charge in [0.05, 0.1) is 12.5 Å². The van der Waals surface area contributed by atoms with Crippen molar-refractivity contribution >= 4 is 22.8 Å². The van der Waals surface area contributed by atoms with Gasteiger partial charge in [-0.05, 0) is 23.8 Å². The predicted octanol–water partition coefficient (Wildman–Crippen LogP) is 3.70. The van der Waals surface area contributed by atoms with Gasteiger partial charge in [-0.2, -0.15) is 0 Å². The molecule has 0 atom stereocenters. The van der Waals surface area contributed by atoms with Crippen molar-refractivity contribution in [2.45, 2.75) is 0 Å². The number of hydrogen-bond donors (Lipinski definition) is 0. The summed E-state index contributed by atoms with van der Waals surface area (Å²) >= 11 is 0. The number of carbonyl (C=O) groups is 1. The van der Waals surface area contributed by atoms with Crippen molar-refractivity contribution in [2.75, 3.05) is 7.11 Å². The summed E-state index contributed by atoms with van der Waals surface area (Å²) in [6.45, 7) is 0. The van der Waals surface area contributed by atoms with E-state index in [4.69, 9.17) is 9.15 Å².